The van der Waals surface area contributed by atoms with Crippen molar-refractivity contribution in [2.24, 2.45) is 0 Å². The van der Waals surface area contributed by atoms with E-state index in [9.17, 15) is 27.5 Å². The molecule has 0 radical (unpaired) electrons. The van der Waals surface area contributed by atoms with Crippen LogP contribution < -0.4 is 10.6 Å². The molecule has 0 aromatic carbocycles. The lowest BCUT2D eigenvalue weighted by molar-refractivity contribution is -0.0366. The van der Waals surface area contributed by atoms with Crippen LogP contribution in [0.3, 0.4) is 0 Å². The molecule has 11 nitrogen and oxygen atoms in total. The molecule has 0 amide bonds. The first-order valence-electron chi connectivity index (χ1n) is 18.2. The van der Waals surface area contributed by atoms with Crippen molar-refractivity contribution in [3.63, 3.8) is 0 Å². The van der Waals surface area contributed by atoms with Crippen LogP contribution in [0.25, 0.3) is 21.7 Å². The summed E-state index contributed by atoms with van der Waals surface area (Å²) in [6, 6.07) is 3.04. The lowest BCUT2D eigenvalue weighted by Gasteiger charge is -2.29. The number of anilines is 2. The van der Waals surface area contributed by atoms with Gasteiger partial charge in [-0.3, -0.25) is 0 Å². The topological polar surface area (TPSA) is 148 Å². The number of halogens is 4. The molecule has 0 atom stereocenters. The predicted octanol–water partition coefficient (Wildman–Crippen LogP) is 8.60. The largest absolute Gasteiger partial charge is 0.461 e. The fraction of sp³-hybridized carbons (Fsp3) is 0.583. The number of hydrogen-bond donors (Lipinski definition) is 3. The van der Waals surface area contributed by atoms with E-state index in [1.54, 1.807) is 13.0 Å². The van der Waals surface area contributed by atoms with E-state index in [4.69, 9.17) is 4.74 Å². The molecule has 0 unspecified atom stereocenters. The summed E-state index contributed by atoms with van der Waals surface area (Å²) < 4.78 is 58.5. The standard InChI is InChI=1S/C19H22F2N4O2S.C17H20F2N4OS/c1-2-27-18(26)13-9-15(22-12-5-7-19(20,21)8-6-12)25-16(23-13)17-24-14(10-28-17)11-3-4-11;18-17(19)5-3-11(4-6-17)20-14-7-12(8-24)21-15(23-14)16-22-13(9-25-16)10-1-2-10/h9-12H,2-8H2,1H3,(H,22,23,25);7,9-11,24H,1-6,8H2,(H,20,21,23). The van der Waals surface area contributed by atoms with E-state index < -0.39 is 17.8 Å². The molecule has 0 bridgehead atoms. The molecule has 4 aromatic rings. The second kappa shape index (κ2) is 15.9. The minimum absolute atomic E-state index is 0.0350. The van der Waals surface area contributed by atoms with Gasteiger partial charge in [-0.05, 0) is 58.3 Å². The summed E-state index contributed by atoms with van der Waals surface area (Å²) >= 11 is 2.94. The average molecular weight is 775 g/mol. The fourth-order valence-corrected chi connectivity index (χ4v) is 8.04. The molecular formula is C36H42F4N8O3S2. The monoisotopic (exact) mass is 774 g/mol. The van der Waals surface area contributed by atoms with Gasteiger partial charge in [0.2, 0.25) is 11.8 Å². The van der Waals surface area contributed by atoms with Crippen LogP contribution in [0, 0.1) is 0 Å². The third-order valence-corrected chi connectivity index (χ3v) is 11.4. The van der Waals surface area contributed by atoms with Gasteiger partial charge in [-0.2, -0.15) is 0 Å². The molecule has 53 heavy (non-hydrogen) atoms. The van der Waals surface area contributed by atoms with Crippen LogP contribution >= 0.6 is 22.7 Å². The van der Waals surface area contributed by atoms with E-state index in [0.29, 0.717) is 71.5 Å². The predicted molar refractivity (Wildman–Crippen MR) is 194 cm³/mol. The van der Waals surface area contributed by atoms with E-state index in [2.05, 4.69) is 40.5 Å². The second-order valence-electron chi connectivity index (χ2n) is 14.2. The Kier molecular flexibility index (Phi) is 11.2. The van der Waals surface area contributed by atoms with E-state index in [-0.39, 0.29) is 56.7 Å². The summed E-state index contributed by atoms with van der Waals surface area (Å²) in [4.78, 5) is 39.1. The number of thiazole rings is 2. The van der Waals surface area contributed by atoms with Gasteiger partial charge in [0.1, 0.15) is 11.6 Å². The Morgan fingerprint density at radius 2 is 1.21 bits per heavy atom. The number of aliphatic hydroxyl groups excluding tert-OH is 1. The number of carbonyl (C=O) groups is 1. The number of hydrogen-bond acceptors (Lipinski definition) is 13. The summed E-state index contributed by atoms with van der Waals surface area (Å²) in [5.41, 5.74) is 2.76. The summed E-state index contributed by atoms with van der Waals surface area (Å²) in [7, 11) is 0. The Labute approximate surface area is 312 Å². The normalized spacial score (nSPS) is 20.0. The molecule has 0 spiro atoms. The van der Waals surface area contributed by atoms with Gasteiger partial charge in [0.25, 0.3) is 0 Å². The number of alkyl halides is 4. The van der Waals surface area contributed by atoms with E-state index in [0.717, 1.165) is 29.2 Å². The molecule has 0 aliphatic heterocycles. The van der Waals surface area contributed by atoms with Crippen LogP contribution in [0.2, 0.25) is 0 Å². The lowest BCUT2D eigenvalue weighted by atomic mass is 9.92. The van der Waals surface area contributed by atoms with Crippen molar-refractivity contribution in [3.8, 4) is 21.7 Å². The third-order valence-electron chi connectivity index (χ3n) is 9.71. The number of aromatic nitrogens is 6. The third kappa shape index (κ3) is 10.0. The Bertz CT molecular complexity index is 1880. The van der Waals surface area contributed by atoms with Gasteiger partial charge >= 0.3 is 5.97 Å². The first-order valence-corrected chi connectivity index (χ1v) is 20.0. The number of esters is 1. The number of ether oxygens (including phenoxy) is 1. The van der Waals surface area contributed by atoms with E-state index >= 15 is 0 Å². The van der Waals surface area contributed by atoms with Gasteiger partial charge in [0.15, 0.2) is 27.4 Å². The second-order valence-corrected chi connectivity index (χ2v) is 15.9. The van der Waals surface area contributed by atoms with Crippen molar-refractivity contribution >= 4 is 40.3 Å². The minimum atomic E-state index is -2.59. The first-order chi connectivity index (χ1) is 25.5. The Hall–Kier alpha value is -3.83. The van der Waals surface area contributed by atoms with Crippen LogP contribution in [0.5, 0.6) is 0 Å². The van der Waals surface area contributed by atoms with Crippen molar-refractivity contribution in [2.45, 2.75) is 126 Å². The van der Waals surface area contributed by atoms with Crippen molar-refractivity contribution in [1.29, 1.82) is 0 Å². The van der Waals surface area contributed by atoms with Gasteiger partial charge in [-0.15, -0.1) is 22.7 Å². The highest BCUT2D eigenvalue weighted by Crippen LogP contribution is 2.42. The Morgan fingerprint density at radius 3 is 1.66 bits per heavy atom. The van der Waals surface area contributed by atoms with Crippen LogP contribution in [0.4, 0.5) is 29.2 Å². The molecule has 4 aliphatic rings. The lowest BCUT2D eigenvalue weighted by Crippen LogP contribution is -2.32. The number of carbonyl (C=O) groups excluding carboxylic acids is 1. The molecule has 17 heteroatoms. The number of rotatable bonds is 11. The van der Waals surface area contributed by atoms with Crippen molar-refractivity contribution in [3.05, 3.63) is 45.7 Å². The molecular weight excluding hydrogens is 733 g/mol. The highest BCUT2D eigenvalue weighted by atomic mass is 32.1. The van der Waals surface area contributed by atoms with Gasteiger partial charge < -0.3 is 20.5 Å². The molecule has 3 N–H and O–H groups in total. The van der Waals surface area contributed by atoms with Gasteiger partial charge in [-0.25, -0.2) is 52.3 Å². The molecule has 4 saturated carbocycles. The number of nitrogens with zero attached hydrogens (tertiary/aromatic N) is 6. The minimum Gasteiger partial charge on any atom is -0.461 e. The molecule has 8 rings (SSSR count). The highest BCUT2D eigenvalue weighted by Gasteiger charge is 2.36. The molecule has 284 valence electrons. The van der Waals surface area contributed by atoms with Crippen LogP contribution in [-0.4, -0.2) is 71.5 Å². The Morgan fingerprint density at radius 1 is 0.736 bits per heavy atom. The van der Waals surface area contributed by atoms with E-state index in [1.165, 1.54) is 41.6 Å². The maximum absolute atomic E-state index is 13.4. The summed E-state index contributed by atoms with van der Waals surface area (Å²) in [5, 5.41) is 21.3. The van der Waals surface area contributed by atoms with Gasteiger partial charge in [-0.1, -0.05) is 0 Å². The zero-order valence-corrected chi connectivity index (χ0v) is 30.9. The SMILES string of the molecule is CCOC(=O)c1cc(NC2CCC(F)(F)CC2)nc(-c2nc(C3CC3)cs2)n1.OCc1cc(NC2CCC(F)(F)CC2)nc(-c2nc(C3CC3)cs2)n1. The molecule has 4 heterocycles. The fourth-order valence-electron chi connectivity index (χ4n) is 6.37. The smallest absolute Gasteiger partial charge is 0.357 e. The molecule has 4 aliphatic carbocycles. The van der Waals surface area contributed by atoms with Crippen molar-refractivity contribution in [1.82, 2.24) is 29.9 Å². The van der Waals surface area contributed by atoms with Crippen LogP contribution in [0.15, 0.2) is 22.9 Å². The maximum atomic E-state index is 13.4. The first kappa shape index (κ1) is 37.5. The zero-order chi connectivity index (χ0) is 37.2. The summed E-state index contributed by atoms with van der Waals surface area (Å²) in [5.74, 6) is -2.77. The van der Waals surface area contributed by atoms with Crippen molar-refractivity contribution < 1.29 is 32.2 Å². The molecule has 4 fully saturated rings. The van der Waals surface area contributed by atoms with Crippen LogP contribution in [0.1, 0.15) is 123 Å². The average Bonchev–Trinajstić information content (AvgIpc) is 4.08. The number of aliphatic hydroxyl groups is 1. The summed E-state index contributed by atoms with van der Waals surface area (Å²) in [6.45, 7) is 1.76. The summed E-state index contributed by atoms with van der Waals surface area (Å²) in [6.07, 6.45) is 5.66. The molecule has 4 aromatic heterocycles. The quantitative estimate of drug-likeness (QED) is 0.0994. The molecule has 0 saturated heterocycles. The zero-order valence-electron chi connectivity index (χ0n) is 29.3. The van der Waals surface area contributed by atoms with E-state index in [1.807, 2.05) is 10.8 Å². The van der Waals surface area contributed by atoms with Gasteiger partial charge in [0.05, 0.1) is 30.3 Å². The van der Waals surface area contributed by atoms with Crippen LogP contribution in [-0.2, 0) is 11.3 Å². The van der Waals surface area contributed by atoms with Gasteiger partial charge in [0, 0.05) is 72.5 Å². The van der Waals surface area contributed by atoms with Crippen molar-refractivity contribution in [2.75, 3.05) is 17.2 Å². The maximum Gasteiger partial charge on any atom is 0.357 e. The number of nitrogens with one attached hydrogen (secondary N) is 2. The highest BCUT2D eigenvalue weighted by molar-refractivity contribution is 7.13. The Balaban J connectivity index is 0.000000165.